The van der Waals surface area contributed by atoms with Crippen LogP contribution in [0.2, 0.25) is 0 Å². The fraction of sp³-hybridized carbons (Fsp3) is 0.278. The van der Waals surface area contributed by atoms with Gasteiger partial charge in [0.2, 0.25) is 0 Å². The minimum atomic E-state index is 0. The Morgan fingerprint density at radius 1 is 1.05 bits per heavy atom. The van der Waals surface area contributed by atoms with Crippen molar-refractivity contribution in [1.82, 2.24) is 0 Å². The van der Waals surface area contributed by atoms with E-state index >= 15 is 0 Å². The second kappa shape index (κ2) is 19.5. The molecule has 0 N–H and O–H groups in total. The predicted octanol–water partition coefficient (Wildman–Crippen LogP) is 4.23. The first-order valence-electron chi connectivity index (χ1n) is 6.05. The summed E-state index contributed by atoms with van der Waals surface area (Å²) in [5, 5.41) is 0. The Kier molecular flexibility index (Phi) is 25.3. The van der Waals surface area contributed by atoms with Crippen LogP contribution in [0.1, 0.15) is 25.8 Å². The summed E-state index contributed by atoms with van der Waals surface area (Å²) in [5.41, 5.74) is 1.47. The molecule has 0 saturated carbocycles. The summed E-state index contributed by atoms with van der Waals surface area (Å²) in [6.07, 6.45) is 4.99. The molecular formula is C18H20CrO3. The Morgan fingerprint density at radius 3 is 1.77 bits per heavy atom. The summed E-state index contributed by atoms with van der Waals surface area (Å²) in [6, 6.07) is 10.6. The average Bonchev–Trinajstić information content (AvgIpc) is 2.60. The van der Waals surface area contributed by atoms with Gasteiger partial charge in [-0.05, 0) is 17.9 Å². The smallest absolute Gasteiger partial charge is 0 e. The molecule has 0 amide bonds. The van der Waals surface area contributed by atoms with E-state index < -0.39 is 0 Å². The quantitative estimate of drug-likeness (QED) is 0.439. The van der Waals surface area contributed by atoms with E-state index in [1.807, 2.05) is 12.2 Å². The van der Waals surface area contributed by atoms with E-state index in [0.717, 1.165) is 6.42 Å². The first-order chi connectivity index (χ1) is 10.1. The van der Waals surface area contributed by atoms with Crippen LogP contribution in [0.25, 0.3) is 0 Å². The van der Waals surface area contributed by atoms with E-state index in [1.165, 1.54) is 5.56 Å². The van der Waals surface area contributed by atoms with Crippen molar-refractivity contribution in [2.45, 2.75) is 25.7 Å². The van der Waals surface area contributed by atoms with Gasteiger partial charge < -0.3 is 0 Å². The van der Waals surface area contributed by atoms with Gasteiger partial charge in [0.25, 0.3) is 0 Å². The van der Waals surface area contributed by atoms with Crippen molar-refractivity contribution in [3.8, 4) is 0 Å². The summed E-state index contributed by atoms with van der Waals surface area (Å²) in [5.74, 6) is 0.442. The Labute approximate surface area is 144 Å². The van der Waals surface area contributed by atoms with Gasteiger partial charge in [-0.1, -0.05) is 56.3 Å². The number of rotatable bonds is 5. The molecule has 4 heteroatoms. The SMILES string of the molecule is C=CC[C@@](C)(c1ccccc1)[C@H](C)C=C.[C-]#[O+].[C-]#[O+].[C-]#[O+].[Cr]. The summed E-state index contributed by atoms with van der Waals surface area (Å²) in [7, 11) is 0. The van der Waals surface area contributed by atoms with Gasteiger partial charge in [0.05, 0.1) is 0 Å². The molecule has 1 aromatic carbocycles. The number of benzene rings is 1. The Hall–Kier alpha value is -1.55. The molecule has 1 rings (SSSR count). The van der Waals surface area contributed by atoms with Gasteiger partial charge >= 0.3 is 33.9 Å². The minimum absolute atomic E-state index is 0. The van der Waals surface area contributed by atoms with Gasteiger partial charge in [-0.2, -0.15) is 0 Å². The first kappa shape index (κ1) is 28.6. The summed E-state index contributed by atoms with van der Waals surface area (Å²) in [6.45, 7) is 25.7. The van der Waals surface area contributed by atoms with Crippen molar-refractivity contribution in [1.29, 1.82) is 0 Å². The zero-order chi connectivity index (χ0) is 17.3. The van der Waals surface area contributed by atoms with Crippen molar-refractivity contribution >= 4 is 0 Å². The Bertz CT molecular complexity index is 434. The molecule has 0 unspecified atom stereocenters. The molecule has 0 radical (unpaired) electrons. The fourth-order valence-electron chi connectivity index (χ4n) is 1.95. The monoisotopic (exact) mass is 336 g/mol. The van der Waals surface area contributed by atoms with Crippen LogP contribution in [0.15, 0.2) is 55.6 Å². The second-order valence-electron chi connectivity index (χ2n) is 4.30. The largest absolute Gasteiger partial charge is 0 e. The van der Waals surface area contributed by atoms with Crippen LogP contribution in [0.4, 0.5) is 0 Å². The van der Waals surface area contributed by atoms with Crippen LogP contribution in [0.5, 0.6) is 0 Å². The third kappa shape index (κ3) is 9.40. The van der Waals surface area contributed by atoms with Crippen molar-refractivity contribution < 1.29 is 31.3 Å². The van der Waals surface area contributed by atoms with E-state index in [9.17, 15) is 0 Å². The van der Waals surface area contributed by atoms with Gasteiger partial charge in [0.15, 0.2) is 0 Å². The Morgan fingerprint density at radius 2 is 1.45 bits per heavy atom. The molecule has 0 spiro atoms. The number of hydrogen-bond donors (Lipinski definition) is 0. The van der Waals surface area contributed by atoms with Gasteiger partial charge in [0.1, 0.15) is 0 Å². The third-order valence-electron chi connectivity index (χ3n) is 3.36. The van der Waals surface area contributed by atoms with Crippen LogP contribution < -0.4 is 0 Å². The van der Waals surface area contributed by atoms with Crippen LogP contribution in [0, 0.1) is 25.9 Å². The van der Waals surface area contributed by atoms with Crippen LogP contribution in [-0.2, 0) is 36.7 Å². The fourth-order valence-corrected chi connectivity index (χ4v) is 1.95. The molecule has 0 aliphatic heterocycles. The summed E-state index contributed by atoms with van der Waals surface area (Å²) < 4.78 is 22.5. The van der Waals surface area contributed by atoms with E-state index in [1.54, 1.807) is 0 Å². The number of allylic oxidation sites excluding steroid dienone is 2. The average molecular weight is 336 g/mol. The Balaban J connectivity index is -0.000000206. The van der Waals surface area contributed by atoms with Gasteiger partial charge in [-0.15, -0.1) is 13.2 Å². The van der Waals surface area contributed by atoms with Crippen molar-refractivity contribution in [2.24, 2.45) is 5.92 Å². The zero-order valence-electron chi connectivity index (χ0n) is 12.9. The van der Waals surface area contributed by atoms with E-state index in [2.05, 4.69) is 77.3 Å². The summed E-state index contributed by atoms with van der Waals surface area (Å²) >= 11 is 0. The molecule has 0 fully saturated rings. The van der Waals surface area contributed by atoms with Crippen LogP contribution in [-0.4, -0.2) is 0 Å². The maximum absolute atomic E-state index is 7.50. The van der Waals surface area contributed by atoms with E-state index in [4.69, 9.17) is 14.0 Å². The minimum Gasteiger partial charge on any atom is 0 e. The van der Waals surface area contributed by atoms with Crippen molar-refractivity contribution in [2.75, 3.05) is 0 Å². The number of hydrogen-bond acceptors (Lipinski definition) is 0. The molecule has 0 aliphatic rings. The molecule has 0 aliphatic carbocycles. The maximum atomic E-state index is 7.50. The van der Waals surface area contributed by atoms with Gasteiger partial charge in [-0.3, -0.25) is 0 Å². The topological polar surface area (TPSA) is 59.7 Å². The predicted molar refractivity (Wildman–Crippen MR) is 79.8 cm³/mol. The van der Waals surface area contributed by atoms with Crippen molar-refractivity contribution in [3.05, 3.63) is 81.2 Å². The van der Waals surface area contributed by atoms with E-state index in [-0.39, 0.29) is 22.8 Å². The van der Waals surface area contributed by atoms with E-state index in [0.29, 0.717) is 5.92 Å². The van der Waals surface area contributed by atoms with Gasteiger partial charge in [-0.25, -0.2) is 0 Å². The standard InChI is InChI=1S/C15H20.3CO.Cr/c1-5-12-15(4,13(3)6-2)14-10-8-7-9-11-14;3*1-2;/h5-11,13H,1-2,12H2,3-4H3;;;;/t13-,15-;;;;/m1..../s1. The third-order valence-corrected chi connectivity index (χ3v) is 3.36. The molecule has 3 nitrogen and oxygen atoms in total. The maximum Gasteiger partial charge on any atom is 0 e. The molecule has 116 valence electrons. The molecule has 1 aromatic rings. The molecule has 0 heterocycles. The summed E-state index contributed by atoms with van der Waals surface area (Å²) in [4.78, 5) is 0. The molecular weight excluding hydrogens is 316 g/mol. The van der Waals surface area contributed by atoms with Crippen LogP contribution in [0.3, 0.4) is 0 Å². The zero-order valence-corrected chi connectivity index (χ0v) is 14.1. The molecule has 22 heavy (non-hydrogen) atoms. The van der Waals surface area contributed by atoms with Crippen LogP contribution >= 0.6 is 0 Å². The molecule has 0 bridgehead atoms. The molecule has 0 aromatic heterocycles. The van der Waals surface area contributed by atoms with Gasteiger partial charge in [0, 0.05) is 22.8 Å². The molecule has 2 atom stereocenters. The normalized spacial score (nSPS) is 11.5. The second-order valence-corrected chi connectivity index (χ2v) is 4.30. The van der Waals surface area contributed by atoms with Crippen molar-refractivity contribution in [3.63, 3.8) is 0 Å². The molecule has 0 saturated heterocycles. The first-order valence-corrected chi connectivity index (χ1v) is 6.05.